The van der Waals surface area contributed by atoms with Crippen LogP contribution in [0.1, 0.15) is 36.2 Å². The SMILES string of the molecule is O=C(c1ccc(Br)o1)C1CCCCC1COc1ccccc1. The number of rotatable bonds is 5. The monoisotopic (exact) mass is 362 g/mol. The van der Waals surface area contributed by atoms with Crippen LogP contribution in [0.25, 0.3) is 0 Å². The molecule has 2 unspecified atom stereocenters. The molecule has 4 heteroatoms. The van der Waals surface area contributed by atoms with Gasteiger partial charge in [0.25, 0.3) is 0 Å². The van der Waals surface area contributed by atoms with Crippen molar-refractivity contribution >= 4 is 21.7 Å². The van der Waals surface area contributed by atoms with Gasteiger partial charge in [-0.2, -0.15) is 0 Å². The number of ether oxygens (including phenoxy) is 1. The lowest BCUT2D eigenvalue weighted by molar-refractivity contribution is 0.0730. The van der Waals surface area contributed by atoms with Crippen LogP contribution in [-0.4, -0.2) is 12.4 Å². The first-order valence-corrected chi connectivity index (χ1v) is 8.51. The Balaban J connectivity index is 1.67. The highest BCUT2D eigenvalue weighted by Crippen LogP contribution is 2.33. The largest absolute Gasteiger partial charge is 0.493 e. The maximum atomic E-state index is 12.7. The summed E-state index contributed by atoms with van der Waals surface area (Å²) in [5.74, 6) is 1.66. The Bertz CT molecular complexity index is 620. The topological polar surface area (TPSA) is 39.4 Å². The number of Topliss-reactive ketones (excluding diaryl/α,β-unsaturated/α-hetero) is 1. The summed E-state index contributed by atoms with van der Waals surface area (Å²) in [5, 5.41) is 0. The van der Waals surface area contributed by atoms with Crippen LogP contribution in [0.2, 0.25) is 0 Å². The molecule has 0 aliphatic heterocycles. The summed E-state index contributed by atoms with van der Waals surface area (Å²) in [5.41, 5.74) is 0. The Morgan fingerprint density at radius 3 is 2.64 bits per heavy atom. The molecule has 1 aromatic carbocycles. The fraction of sp³-hybridized carbons (Fsp3) is 0.389. The Hall–Kier alpha value is -1.55. The zero-order valence-electron chi connectivity index (χ0n) is 12.3. The summed E-state index contributed by atoms with van der Waals surface area (Å²) in [6.07, 6.45) is 4.21. The predicted octanol–water partition coefficient (Wildman–Crippen LogP) is 5.11. The van der Waals surface area contributed by atoms with E-state index in [9.17, 15) is 4.79 Å². The van der Waals surface area contributed by atoms with Gasteiger partial charge in [-0.05, 0) is 53.0 Å². The Labute approximate surface area is 138 Å². The number of benzene rings is 1. The van der Waals surface area contributed by atoms with Crippen LogP contribution in [0.5, 0.6) is 5.75 Å². The first kappa shape index (κ1) is 15.3. The lowest BCUT2D eigenvalue weighted by atomic mass is 9.77. The van der Waals surface area contributed by atoms with Crippen molar-refractivity contribution in [3.8, 4) is 5.75 Å². The van der Waals surface area contributed by atoms with Crippen LogP contribution in [0.15, 0.2) is 51.6 Å². The molecule has 2 aromatic rings. The molecule has 1 fully saturated rings. The lowest BCUT2D eigenvalue weighted by Gasteiger charge is -2.29. The number of halogens is 1. The fourth-order valence-corrected chi connectivity index (χ4v) is 3.41. The highest BCUT2D eigenvalue weighted by molar-refractivity contribution is 9.10. The minimum atomic E-state index is -0.00416. The number of ketones is 1. The van der Waals surface area contributed by atoms with Gasteiger partial charge >= 0.3 is 0 Å². The van der Waals surface area contributed by atoms with E-state index in [1.807, 2.05) is 30.3 Å². The summed E-state index contributed by atoms with van der Waals surface area (Å²) in [4.78, 5) is 12.7. The van der Waals surface area contributed by atoms with Gasteiger partial charge in [-0.1, -0.05) is 31.0 Å². The highest BCUT2D eigenvalue weighted by atomic mass is 79.9. The standard InChI is InChI=1S/C18H19BrO3/c19-17-11-10-16(22-17)18(20)15-9-5-4-6-13(15)12-21-14-7-2-1-3-8-14/h1-3,7-8,10-11,13,15H,4-6,9,12H2. The highest BCUT2D eigenvalue weighted by Gasteiger charge is 2.33. The summed E-state index contributed by atoms with van der Waals surface area (Å²) in [6.45, 7) is 0.586. The molecule has 0 spiro atoms. The van der Waals surface area contributed by atoms with Crippen molar-refractivity contribution in [3.63, 3.8) is 0 Å². The summed E-state index contributed by atoms with van der Waals surface area (Å²) >= 11 is 3.26. The van der Waals surface area contributed by atoms with Crippen molar-refractivity contribution in [1.29, 1.82) is 0 Å². The van der Waals surface area contributed by atoms with Crippen LogP contribution < -0.4 is 4.74 Å². The van der Waals surface area contributed by atoms with Crippen molar-refractivity contribution in [2.45, 2.75) is 25.7 Å². The maximum Gasteiger partial charge on any atom is 0.201 e. The Kier molecular flexibility index (Phi) is 4.98. The van der Waals surface area contributed by atoms with Gasteiger partial charge in [0.15, 0.2) is 10.4 Å². The van der Waals surface area contributed by atoms with Crippen LogP contribution >= 0.6 is 15.9 Å². The number of carbonyl (C=O) groups is 1. The van der Waals surface area contributed by atoms with E-state index < -0.39 is 0 Å². The van der Waals surface area contributed by atoms with E-state index in [0.29, 0.717) is 17.0 Å². The normalized spacial score (nSPS) is 21.5. The molecule has 22 heavy (non-hydrogen) atoms. The van der Waals surface area contributed by atoms with Gasteiger partial charge in [0.05, 0.1) is 6.61 Å². The second kappa shape index (κ2) is 7.14. The van der Waals surface area contributed by atoms with Crippen molar-refractivity contribution in [2.75, 3.05) is 6.61 Å². The van der Waals surface area contributed by atoms with Crippen molar-refractivity contribution in [3.05, 3.63) is 52.9 Å². The molecule has 0 amide bonds. The molecule has 2 atom stereocenters. The average Bonchev–Trinajstić information content (AvgIpc) is 3.00. The zero-order valence-corrected chi connectivity index (χ0v) is 13.9. The van der Waals surface area contributed by atoms with Gasteiger partial charge in [-0.25, -0.2) is 0 Å². The molecule has 116 valence electrons. The third kappa shape index (κ3) is 3.61. The first-order valence-electron chi connectivity index (χ1n) is 7.71. The number of hydrogen-bond acceptors (Lipinski definition) is 3. The third-order valence-corrected chi connectivity index (χ3v) is 4.70. The van der Waals surface area contributed by atoms with E-state index in [2.05, 4.69) is 15.9 Å². The second-order valence-electron chi connectivity index (χ2n) is 5.74. The number of furan rings is 1. The smallest absolute Gasteiger partial charge is 0.201 e. The summed E-state index contributed by atoms with van der Waals surface area (Å²) < 4.78 is 11.9. The van der Waals surface area contributed by atoms with Gasteiger partial charge in [0, 0.05) is 11.8 Å². The zero-order chi connectivity index (χ0) is 15.4. The molecule has 1 aliphatic carbocycles. The maximum absolute atomic E-state index is 12.7. The van der Waals surface area contributed by atoms with Crippen LogP contribution in [0, 0.1) is 11.8 Å². The molecule has 1 aliphatic rings. The van der Waals surface area contributed by atoms with Crippen LogP contribution in [0.3, 0.4) is 0 Å². The summed E-state index contributed by atoms with van der Waals surface area (Å²) in [6, 6.07) is 13.3. The molecule has 0 bridgehead atoms. The molecule has 0 radical (unpaired) electrons. The molecule has 1 heterocycles. The number of carbonyl (C=O) groups excluding carboxylic acids is 1. The van der Waals surface area contributed by atoms with Gasteiger partial charge in [0.1, 0.15) is 5.75 Å². The Morgan fingerprint density at radius 2 is 1.91 bits per heavy atom. The van der Waals surface area contributed by atoms with Crippen molar-refractivity contribution in [2.24, 2.45) is 11.8 Å². The minimum absolute atomic E-state index is 0.00416. The van der Waals surface area contributed by atoms with Crippen LogP contribution in [0.4, 0.5) is 0 Å². The molecule has 1 saturated carbocycles. The predicted molar refractivity (Wildman–Crippen MR) is 88.1 cm³/mol. The number of hydrogen-bond donors (Lipinski definition) is 0. The van der Waals surface area contributed by atoms with Crippen molar-refractivity contribution < 1.29 is 13.9 Å². The van der Waals surface area contributed by atoms with E-state index in [0.717, 1.165) is 31.4 Å². The van der Waals surface area contributed by atoms with Gasteiger partial charge in [-0.15, -0.1) is 0 Å². The van der Waals surface area contributed by atoms with Gasteiger partial charge in [0.2, 0.25) is 5.78 Å². The molecule has 0 saturated heterocycles. The van der Waals surface area contributed by atoms with E-state index in [1.165, 1.54) is 0 Å². The summed E-state index contributed by atoms with van der Waals surface area (Å²) in [7, 11) is 0. The van der Waals surface area contributed by atoms with E-state index in [1.54, 1.807) is 12.1 Å². The number of para-hydroxylation sites is 1. The fourth-order valence-electron chi connectivity index (χ4n) is 3.10. The van der Waals surface area contributed by atoms with Crippen LogP contribution in [-0.2, 0) is 0 Å². The average molecular weight is 363 g/mol. The first-order chi connectivity index (χ1) is 10.7. The van der Waals surface area contributed by atoms with E-state index in [4.69, 9.17) is 9.15 Å². The molecule has 3 nitrogen and oxygen atoms in total. The minimum Gasteiger partial charge on any atom is -0.493 e. The molecule has 1 aromatic heterocycles. The molecule has 3 rings (SSSR count). The van der Waals surface area contributed by atoms with E-state index in [-0.39, 0.29) is 17.6 Å². The quantitative estimate of drug-likeness (QED) is 0.693. The Morgan fingerprint density at radius 1 is 1.14 bits per heavy atom. The van der Waals surface area contributed by atoms with Crippen molar-refractivity contribution in [1.82, 2.24) is 0 Å². The molecular weight excluding hydrogens is 344 g/mol. The lowest BCUT2D eigenvalue weighted by Crippen LogP contribution is -2.31. The molecule has 0 N–H and O–H groups in total. The van der Waals surface area contributed by atoms with Gasteiger partial charge in [-0.3, -0.25) is 4.79 Å². The second-order valence-corrected chi connectivity index (χ2v) is 6.52. The van der Waals surface area contributed by atoms with Gasteiger partial charge < -0.3 is 9.15 Å². The molecular formula is C18H19BrO3. The third-order valence-electron chi connectivity index (χ3n) is 4.27. The van der Waals surface area contributed by atoms with E-state index >= 15 is 0 Å².